The zero-order valence-corrected chi connectivity index (χ0v) is 11.3. The van der Waals surface area contributed by atoms with Crippen LogP contribution in [-0.4, -0.2) is 38.4 Å². The van der Waals surface area contributed by atoms with Crippen LogP contribution >= 0.6 is 0 Å². The van der Waals surface area contributed by atoms with Gasteiger partial charge in [0, 0.05) is 0 Å². The van der Waals surface area contributed by atoms with E-state index in [0.717, 1.165) is 6.61 Å². The fraction of sp³-hybridized carbons (Fsp3) is 0.909. The van der Waals surface area contributed by atoms with E-state index in [0.29, 0.717) is 5.92 Å². The van der Waals surface area contributed by atoms with Crippen molar-refractivity contribution in [3.05, 3.63) is 0 Å². The summed E-state index contributed by atoms with van der Waals surface area (Å²) in [6, 6.07) is 0. The van der Waals surface area contributed by atoms with Gasteiger partial charge in [0.05, 0.1) is 12.5 Å². The van der Waals surface area contributed by atoms with Crippen LogP contribution in [0.5, 0.6) is 0 Å². The molecule has 0 saturated heterocycles. The monoisotopic (exact) mass is 271 g/mol. The van der Waals surface area contributed by atoms with Crippen molar-refractivity contribution < 1.29 is 26.6 Å². The summed E-state index contributed by atoms with van der Waals surface area (Å²) < 4.78 is 46.8. The zero-order chi connectivity index (χ0) is 14.2. The minimum Gasteiger partial charge on any atom is -0.448 e. The van der Waals surface area contributed by atoms with E-state index in [-0.39, 0.29) is 0 Å². The molecule has 1 rings (SSSR count). The average Bonchev–Trinajstić information content (AvgIpc) is 2.24. The first-order chi connectivity index (χ1) is 8.25. The fourth-order valence-electron chi connectivity index (χ4n) is 2.11. The predicted octanol–water partition coefficient (Wildman–Crippen LogP) is 3.57. The largest absolute Gasteiger partial charge is 0.673 e. The molecule has 7 heteroatoms. The second kappa shape index (κ2) is 8.37. The minimum absolute atomic E-state index is 0.684. The van der Waals surface area contributed by atoms with Gasteiger partial charge in [-0.2, -0.15) is 0 Å². The first-order valence-electron chi connectivity index (χ1n) is 6.30. The molecule has 0 N–H and O–H groups in total. The smallest absolute Gasteiger partial charge is 0.448 e. The van der Waals surface area contributed by atoms with Gasteiger partial charge in [-0.25, -0.2) is 4.58 Å². The molecule has 1 aliphatic carbocycles. The SMILES string of the molecule is CCOC(C1CCCCC1)=[N+](C)C.F[B-](F)(F)F. The van der Waals surface area contributed by atoms with Crippen LogP contribution in [-0.2, 0) is 4.74 Å². The van der Waals surface area contributed by atoms with Crippen LogP contribution in [0.15, 0.2) is 0 Å². The standard InChI is InChI=1S/C11H22NO.BF4/c1-4-13-11(12(2)3)10-8-6-5-7-9-10;2-1(3,4)5/h10H,4-9H2,1-3H3;/q+1;-1. The molecule has 108 valence electrons. The number of ether oxygens (including phenoxy) is 1. The van der Waals surface area contributed by atoms with Gasteiger partial charge >= 0.3 is 13.2 Å². The van der Waals surface area contributed by atoms with Crippen LogP contribution in [0.3, 0.4) is 0 Å². The molecule has 0 heterocycles. The summed E-state index contributed by atoms with van der Waals surface area (Å²) >= 11 is 0. The summed E-state index contributed by atoms with van der Waals surface area (Å²) in [7, 11) is -1.83. The maximum Gasteiger partial charge on any atom is 0.673 e. The quantitative estimate of drug-likeness (QED) is 0.246. The topological polar surface area (TPSA) is 12.2 Å². The Labute approximate surface area is 106 Å². The van der Waals surface area contributed by atoms with Gasteiger partial charge in [0.2, 0.25) is 0 Å². The Hall–Kier alpha value is -0.745. The molecule has 0 aromatic carbocycles. The highest BCUT2D eigenvalue weighted by Gasteiger charge is 2.26. The molecule has 0 aromatic heterocycles. The molecular formula is C11H22BF4NO. The van der Waals surface area contributed by atoms with Crippen molar-refractivity contribution in [2.75, 3.05) is 20.7 Å². The summed E-state index contributed by atoms with van der Waals surface area (Å²) in [6.45, 7) is 2.86. The second-order valence-corrected chi connectivity index (χ2v) is 4.50. The van der Waals surface area contributed by atoms with Crippen LogP contribution in [0, 0.1) is 5.92 Å². The summed E-state index contributed by atoms with van der Waals surface area (Å²) in [5.74, 6) is 1.88. The van der Waals surface area contributed by atoms with Crippen molar-refractivity contribution in [2.24, 2.45) is 5.92 Å². The van der Waals surface area contributed by atoms with Crippen LogP contribution < -0.4 is 0 Å². The molecule has 2 nitrogen and oxygen atoms in total. The van der Waals surface area contributed by atoms with Crippen LogP contribution in [0.25, 0.3) is 0 Å². The van der Waals surface area contributed by atoms with E-state index in [1.165, 1.54) is 38.0 Å². The molecule has 0 bridgehead atoms. The van der Waals surface area contributed by atoms with Crippen molar-refractivity contribution in [3.63, 3.8) is 0 Å². The molecule has 0 spiro atoms. The minimum atomic E-state index is -6.00. The van der Waals surface area contributed by atoms with Crippen molar-refractivity contribution in [1.82, 2.24) is 0 Å². The highest BCUT2D eigenvalue weighted by Crippen LogP contribution is 2.25. The van der Waals surface area contributed by atoms with Gasteiger partial charge < -0.3 is 22.0 Å². The Morgan fingerprint density at radius 2 is 1.56 bits per heavy atom. The molecule has 0 radical (unpaired) electrons. The van der Waals surface area contributed by atoms with Gasteiger partial charge in [0.25, 0.3) is 0 Å². The van der Waals surface area contributed by atoms with E-state index in [2.05, 4.69) is 25.6 Å². The fourth-order valence-corrected chi connectivity index (χ4v) is 2.11. The molecular weight excluding hydrogens is 249 g/mol. The van der Waals surface area contributed by atoms with Gasteiger partial charge in [-0.15, -0.1) is 0 Å². The number of hydrogen-bond donors (Lipinski definition) is 0. The Balaban J connectivity index is 0.000000494. The van der Waals surface area contributed by atoms with Crippen LogP contribution in [0.2, 0.25) is 0 Å². The highest BCUT2D eigenvalue weighted by molar-refractivity contribution is 6.50. The maximum absolute atomic E-state index is 9.75. The highest BCUT2D eigenvalue weighted by atomic mass is 19.5. The van der Waals surface area contributed by atoms with Gasteiger partial charge in [-0.1, -0.05) is 19.3 Å². The number of halogens is 4. The molecule has 1 aliphatic rings. The van der Waals surface area contributed by atoms with Gasteiger partial charge in [-0.3, -0.25) is 0 Å². The Bertz CT molecular complexity index is 252. The van der Waals surface area contributed by atoms with E-state index in [1.807, 2.05) is 0 Å². The van der Waals surface area contributed by atoms with Gasteiger partial charge in [-0.05, 0) is 19.8 Å². The van der Waals surface area contributed by atoms with E-state index in [4.69, 9.17) is 4.74 Å². The lowest BCUT2D eigenvalue weighted by Gasteiger charge is -2.20. The summed E-state index contributed by atoms with van der Waals surface area (Å²) in [5, 5.41) is 0. The second-order valence-electron chi connectivity index (χ2n) is 4.50. The van der Waals surface area contributed by atoms with Crippen LogP contribution in [0.4, 0.5) is 17.3 Å². The van der Waals surface area contributed by atoms with Crippen LogP contribution in [0.1, 0.15) is 39.0 Å². The first-order valence-corrected chi connectivity index (χ1v) is 6.30. The van der Waals surface area contributed by atoms with E-state index in [9.17, 15) is 17.3 Å². The van der Waals surface area contributed by atoms with E-state index in [1.54, 1.807) is 0 Å². The molecule has 1 saturated carbocycles. The molecule has 0 aromatic rings. The lowest BCUT2D eigenvalue weighted by molar-refractivity contribution is -0.477. The number of nitrogens with zero attached hydrogens (tertiary/aromatic N) is 1. The molecule has 0 unspecified atom stereocenters. The van der Waals surface area contributed by atoms with Crippen molar-refractivity contribution in [2.45, 2.75) is 39.0 Å². The van der Waals surface area contributed by atoms with Crippen molar-refractivity contribution in [1.29, 1.82) is 0 Å². The van der Waals surface area contributed by atoms with Crippen molar-refractivity contribution >= 4 is 13.2 Å². The first kappa shape index (κ1) is 17.3. The van der Waals surface area contributed by atoms with Gasteiger partial charge in [0.15, 0.2) is 0 Å². The zero-order valence-electron chi connectivity index (χ0n) is 11.3. The molecule has 0 amide bonds. The lowest BCUT2D eigenvalue weighted by Crippen LogP contribution is -2.28. The normalized spacial score (nSPS) is 16.6. The summed E-state index contributed by atoms with van der Waals surface area (Å²) in [6.07, 6.45) is 6.77. The molecule has 1 fully saturated rings. The third-order valence-electron chi connectivity index (χ3n) is 2.69. The Morgan fingerprint density at radius 1 is 1.11 bits per heavy atom. The Morgan fingerprint density at radius 3 is 1.89 bits per heavy atom. The molecule has 0 atom stereocenters. The summed E-state index contributed by atoms with van der Waals surface area (Å²) in [4.78, 5) is 0. The van der Waals surface area contributed by atoms with E-state index < -0.39 is 7.25 Å². The van der Waals surface area contributed by atoms with Gasteiger partial charge in [0.1, 0.15) is 14.1 Å². The van der Waals surface area contributed by atoms with Crippen molar-refractivity contribution in [3.8, 4) is 0 Å². The lowest BCUT2D eigenvalue weighted by atomic mass is 9.89. The molecule has 18 heavy (non-hydrogen) atoms. The van der Waals surface area contributed by atoms with E-state index >= 15 is 0 Å². The predicted molar refractivity (Wildman–Crippen MR) is 65.5 cm³/mol. The summed E-state index contributed by atoms with van der Waals surface area (Å²) in [5.41, 5.74) is 0. The number of rotatable bonds is 2. The third kappa shape index (κ3) is 9.30. The molecule has 0 aliphatic heterocycles. The maximum atomic E-state index is 9.75. The Kier molecular flexibility index (Phi) is 8.03. The number of hydrogen-bond acceptors (Lipinski definition) is 1. The average molecular weight is 271 g/mol. The third-order valence-corrected chi connectivity index (χ3v) is 2.69.